The molecule has 0 radical (unpaired) electrons. The van der Waals surface area contributed by atoms with E-state index in [2.05, 4.69) is 35.8 Å². The van der Waals surface area contributed by atoms with Crippen LogP contribution < -0.4 is 10.6 Å². The van der Waals surface area contributed by atoms with Crippen LogP contribution in [0.4, 0.5) is 5.69 Å². The van der Waals surface area contributed by atoms with Crippen molar-refractivity contribution in [3.8, 4) is 0 Å². The van der Waals surface area contributed by atoms with Gasteiger partial charge in [0.1, 0.15) is 0 Å². The van der Waals surface area contributed by atoms with Gasteiger partial charge >= 0.3 is 0 Å². The van der Waals surface area contributed by atoms with Crippen molar-refractivity contribution >= 4 is 5.69 Å². The van der Waals surface area contributed by atoms with E-state index in [0.717, 1.165) is 19.6 Å². The van der Waals surface area contributed by atoms with Gasteiger partial charge in [-0.3, -0.25) is 0 Å². The van der Waals surface area contributed by atoms with Gasteiger partial charge in [-0.25, -0.2) is 0 Å². The number of hydrogen-bond donors (Lipinski definition) is 2. The maximum Gasteiger partial charge on any atom is 0.0419 e. The maximum atomic E-state index is 3.60. The Hall–Kier alpha value is -1.02. The Kier molecular flexibility index (Phi) is 7.66. The lowest BCUT2D eigenvalue weighted by atomic mass is 10.1. The van der Waals surface area contributed by atoms with Gasteiger partial charge in [0, 0.05) is 18.8 Å². The summed E-state index contributed by atoms with van der Waals surface area (Å²) in [5.41, 5.74) is 4.31. The highest BCUT2D eigenvalue weighted by atomic mass is 14.9. The molecule has 0 bridgehead atoms. The number of unbranched alkanes of at least 4 members (excludes halogenated alkanes) is 7. The Morgan fingerprint density at radius 2 is 1.76 bits per heavy atom. The summed E-state index contributed by atoms with van der Waals surface area (Å²) in [6, 6.07) is 6.69. The molecule has 1 aromatic rings. The van der Waals surface area contributed by atoms with Crippen molar-refractivity contribution in [1.82, 2.24) is 5.32 Å². The molecule has 1 aromatic carbocycles. The molecule has 1 heterocycles. The lowest BCUT2D eigenvalue weighted by molar-refractivity contribution is 0.555. The zero-order valence-electron chi connectivity index (χ0n) is 13.7. The number of para-hydroxylation sites is 1. The van der Waals surface area contributed by atoms with Crippen molar-refractivity contribution in [3.05, 3.63) is 29.3 Å². The molecule has 1 aliphatic rings. The van der Waals surface area contributed by atoms with Crippen LogP contribution in [-0.2, 0) is 13.0 Å². The molecule has 0 aliphatic carbocycles. The number of rotatable bonds is 11. The second kappa shape index (κ2) is 9.83. The quantitative estimate of drug-likeness (QED) is 0.567. The molecule has 118 valence electrons. The molecule has 0 fully saturated rings. The highest BCUT2D eigenvalue weighted by Crippen LogP contribution is 2.26. The van der Waals surface area contributed by atoms with Crippen LogP contribution in [0.3, 0.4) is 0 Å². The van der Waals surface area contributed by atoms with Gasteiger partial charge in [0.15, 0.2) is 0 Å². The number of anilines is 1. The molecular weight excluding hydrogens is 256 g/mol. The van der Waals surface area contributed by atoms with Crippen molar-refractivity contribution in [2.75, 3.05) is 18.4 Å². The van der Waals surface area contributed by atoms with Gasteiger partial charge in [0.2, 0.25) is 0 Å². The Morgan fingerprint density at radius 3 is 2.57 bits per heavy atom. The smallest absolute Gasteiger partial charge is 0.0419 e. The van der Waals surface area contributed by atoms with E-state index < -0.39 is 0 Å². The maximum absolute atomic E-state index is 3.60. The first-order valence-corrected chi connectivity index (χ1v) is 8.97. The zero-order valence-corrected chi connectivity index (χ0v) is 13.7. The lowest BCUT2D eigenvalue weighted by Crippen LogP contribution is -2.15. The molecule has 1 aliphatic heterocycles. The molecule has 0 saturated carbocycles. The van der Waals surface area contributed by atoms with E-state index in [1.807, 2.05) is 0 Å². The Labute approximate surface area is 130 Å². The normalized spacial score (nSPS) is 13.2. The summed E-state index contributed by atoms with van der Waals surface area (Å²) >= 11 is 0. The molecule has 21 heavy (non-hydrogen) atoms. The van der Waals surface area contributed by atoms with E-state index >= 15 is 0 Å². The van der Waals surface area contributed by atoms with Crippen molar-refractivity contribution in [2.24, 2.45) is 0 Å². The highest BCUT2D eigenvalue weighted by Gasteiger charge is 2.12. The first-order chi connectivity index (χ1) is 10.4. The largest absolute Gasteiger partial charge is 0.384 e. The average molecular weight is 288 g/mol. The van der Waals surface area contributed by atoms with Crippen molar-refractivity contribution in [3.63, 3.8) is 0 Å². The molecule has 2 rings (SSSR count). The number of hydrogen-bond acceptors (Lipinski definition) is 2. The third kappa shape index (κ3) is 5.70. The fourth-order valence-electron chi connectivity index (χ4n) is 3.17. The topological polar surface area (TPSA) is 24.1 Å². The van der Waals surface area contributed by atoms with Gasteiger partial charge in [-0.05, 0) is 30.5 Å². The Morgan fingerprint density at radius 1 is 1.00 bits per heavy atom. The first kappa shape index (κ1) is 16.4. The summed E-state index contributed by atoms with van der Waals surface area (Å²) in [5, 5.41) is 7.12. The Bertz CT molecular complexity index is 401. The summed E-state index contributed by atoms with van der Waals surface area (Å²) < 4.78 is 0. The number of nitrogens with one attached hydrogen (secondary N) is 2. The zero-order chi connectivity index (χ0) is 14.8. The monoisotopic (exact) mass is 288 g/mol. The van der Waals surface area contributed by atoms with Crippen LogP contribution in [0, 0.1) is 0 Å². The van der Waals surface area contributed by atoms with Crippen molar-refractivity contribution in [1.29, 1.82) is 0 Å². The van der Waals surface area contributed by atoms with Gasteiger partial charge in [-0.15, -0.1) is 0 Å². The fraction of sp³-hybridized carbons (Fsp3) is 0.684. The van der Waals surface area contributed by atoms with E-state index in [1.54, 1.807) is 0 Å². The first-order valence-electron chi connectivity index (χ1n) is 8.97. The second-order valence-corrected chi connectivity index (χ2v) is 6.28. The number of fused-ring (bicyclic) bond motifs is 1. The van der Waals surface area contributed by atoms with Gasteiger partial charge in [0.05, 0.1) is 0 Å². The molecule has 2 N–H and O–H groups in total. The molecule has 0 atom stereocenters. The van der Waals surface area contributed by atoms with E-state index in [-0.39, 0.29) is 0 Å². The van der Waals surface area contributed by atoms with Crippen molar-refractivity contribution < 1.29 is 0 Å². The van der Waals surface area contributed by atoms with Crippen LogP contribution in [-0.4, -0.2) is 13.1 Å². The molecule has 0 aromatic heterocycles. The van der Waals surface area contributed by atoms with Crippen LogP contribution in [0.15, 0.2) is 18.2 Å². The summed E-state index contributed by atoms with van der Waals surface area (Å²) in [5.74, 6) is 0. The van der Waals surface area contributed by atoms with E-state index in [1.165, 1.54) is 74.6 Å². The van der Waals surface area contributed by atoms with Crippen LogP contribution >= 0.6 is 0 Å². The van der Waals surface area contributed by atoms with Crippen LogP contribution in [0.5, 0.6) is 0 Å². The minimum Gasteiger partial charge on any atom is -0.384 e. The Balaban J connectivity index is 1.50. The fourth-order valence-corrected chi connectivity index (χ4v) is 3.17. The summed E-state index contributed by atoms with van der Waals surface area (Å²) in [4.78, 5) is 0. The molecule has 2 heteroatoms. The SMILES string of the molecule is CCCCCCCCCCNCc1cccc2c1NCC2. The minimum absolute atomic E-state index is 1.01. The molecule has 0 unspecified atom stereocenters. The van der Waals surface area contributed by atoms with E-state index in [0.29, 0.717) is 0 Å². The van der Waals surface area contributed by atoms with Gasteiger partial charge in [-0.2, -0.15) is 0 Å². The molecular formula is C19H32N2. The minimum atomic E-state index is 1.01. The van der Waals surface area contributed by atoms with E-state index in [9.17, 15) is 0 Å². The summed E-state index contributed by atoms with van der Waals surface area (Å²) in [7, 11) is 0. The van der Waals surface area contributed by atoms with Crippen LogP contribution in [0.2, 0.25) is 0 Å². The lowest BCUT2D eigenvalue weighted by Gasteiger charge is -2.10. The van der Waals surface area contributed by atoms with Crippen molar-refractivity contribution in [2.45, 2.75) is 71.3 Å². The average Bonchev–Trinajstić information content (AvgIpc) is 2.98. The number of benzene rings is 1. The molecule has 0 spiro atoms. The summed E-state index contributed by atoms with van der Waals surface area (Å²) in [6.45, 7) is 5.54. The highest BCUT2D eigenvalue weighted by molar-refractivity contribution is 5.61. The predicted octanol–water partition coefficient (Wildman–Crippen LogP) is 4.88. The summed E-state index contributed by atoms with van der Waals surface area (Å²) in [6.07, 6.45) is 12.3. The molecule has 0 saturated heterocycles. The van der Waals surface area contributed by atoms with Crippen LogP contribution in [0.1, 0.15) is 69.4 Å². The van der Waals surface area contributed by atoms with Gasteiger partial charge in [-0.1, -0.05) is 70.1 Å². The van der Waals surface area contributed by atoms with Gasteiger partial charge < -0.3 is 10.6 Å². The van der Waals surface area contributed by atoms with Crippen LogP contribution in [0.25, 0.3) is 0 Å². The molecule has 0 amide bonds. The third-order valence-corrected chi connectivity index (χ3v) is 4.46. The standard InChI is InChI=1S/C19H32N2/c1-2-3-4-5-6-7-8-9-14-20-16-18-12-10-11-17-13-15-21-19(17)18/h10-12,20-21H,2-9,13-16H2,1H3. The second-order valence-electron chi connectivity index (χ2n) is 6.28. The third-order valence-electron chi connectivity index (χ3n) is 4.46. The van der Waals surface area contributed by atoms with Gasteiger partial charge in [0.25, 0.3) is 0 Å². The molecule has 2 nitrogen and oxygen atoms in total. The predicted molar refractivity (Wildman–Crippen MR) is 93.0 cm³/mol. The van der Waals surface area contributed by atoms with E-state index in [4.69, 9.17) is 0 Å².